The van der Waals surface area contributed by atoms with E-state index in [4.69, 9.17) is 0 Å². The molecule has 2 heterocycles. The fourth-order valence-corrected chi connectivity index (χ4v) is 3.89. The molecule has 0 unspecified atom stereocenters. The van der Waals surface area contributed by atoms with E-state index in [1.54, 1.807) is 37.5 Å². The molecule has 0 bridgehead atoms. The highest BCUT2D eigenvalue weighted by molar-refractivity contribution is 6.13. The average Bonchev–Trinajstić information content (AvgIpc) is 2.85. The maximum Gasteiger partial charge on any atom is 0.331 e. The van der Waals surface area contributed by atoms with Crippen LogP contribution in [0.25, 0.3) is 0 Å². The predicted molar refractivity (Wildman–Crippen MR) is 133 cm³/mol. The number of Topliss-reactive ketones (excluding diaryl/α,β-unsaturated/α-hetero) is 2. The molecular weight excluding hydrogens is 442 g/mol. The van der Waals surface area contributed by atoms with Gasteiger partial charge in [-0.3, -0.25) is 23.9 Å². The Bertz CT molecular complexity index is 1520. The maximum absolute atomic E-state index is 13.0. The number of benzene rings is 2. The van der Waals surface area contributed by atoms with Gasteiger partial charge in [0.25, 0.3) is 5.56 Å². The number of carbonyl (C=O) groups excluding carboxylic acids is 2. The number of ketones is 2. The van der Waals surface area contributed by atoms with Gasteiger partial charge in [-0.1, -0.05) is 42.5 Å². The van der Waals surface area contributed by atoms with Crippen molar-refractivity contribution in [1.82, 2.24) is 14.1 Å². The predicted octanol–water partition coefficient (Wildman–Crippen LogP) is 3.35. The van der Waals surface area contributed by atoms with Crippen LogP contribution in [0.2, 0.25) is 0 Å². The summed E-state index contributed by atoms with van der Waals surface area (Å²) in [5, 5.41) is 0. The van der Waals surface area contributed by atoms with Crippen molar-refractivity contribution >= 4 is 11.6 Å². The zero-order chi connectivity index (χ0) is 24.9. The van der Waals surface area contributed by atoms with Gasteiger partial charge in [0.05, 0.1) is 13.0 Å². The lowest BCUT2D eigenvalue weighted by molar-refractivity contribution is 0.0891. The Kier molecular flexibility index (Phi) is 6.96. The average molecular weight is 468 g/mol. The summed E-state index contributed by atoms with van der Waals surface area (Å²) in [6, 6.07) is 19.7. The van der Waals surface area contributed by atoms with Gasteiger partial charge in [-0.15, -0.1) is 0 Å². The highest BCUT2D eigenvalue weighted by Crippen LogP contribution is 2.19. The summed E-state index contributed by atoms with van der Waals surface area (Å²) < 4.78 is 2.47. The lowest BCUT2D eigenvalue weighted by Gasteiger charge is -2.14. The first-order valence-corrected chi connectivity index (χ1v) is 11.2. The summed E-state index contributed by atoms with van der Waals surface area (Å²) in [6.45, 7) is 1.87. The zero-order valence-electron chi connectivity index (χ0n) is 19.6. The van der Waals surface area contributed by atoms with Crippen molar-refractivity contribution in [3.8, 4) is 0 Å². The molecule has 7 heteroatoms. The van der Waals surface area contributed by atoms with Gasteiger partial charge >= 0.3 is 5.69 Å². The van der Waals surface area contributed by atoms with Crippen molar-refractivity contribution in [2.45, 2.75) is 26.3 Å². The van der Waals surface area contributed by atoms with E-state index in [0.717, 1.165) is 21.3 Å². The van der Waals surface area contributed by atoms with Crippen LogP contribution < -0.4 is 11.2 Å². The Hall–Kier alpha value is -4.39. The first-order valence-electron chi connectivity index (χ1n) is 11.2. The summed E-state index contributed by atoms with van der Waals surface area (Å²) in [5.74, 6) is -0.708. The monoisotopic (exact) mass is 467 g/mol. The molecule has 35 heavy (non-hydrogen) atoms. The van der Waals surface area contributed by atoms with Gasteiger partial charge in [-0.05, 0) is 53.8 Å². The molecule has 0 N–H and O–H groups in total. The molecule has 0 amide bonds. The summed E-state index contributed by atoms with van der Waals surface area (Å²) in [5.41, 5.74) is 3.23. The maximum atomic E-state index is 13.0. The first-order chi connectivity index (χ1) is 16.8. The Morgan fingerprint density at radius 3 is 2.40 bits per heavy atom. The first kappa shape index (κ1) is 23.8. The van der Waals surface area contributed by atoms with Gasteiger partial charge in [0.1, 0.15) is 5.69 Å². The molecule has 0 aliphatic heterocycles. The highest BCUT2D eigenvalue weighted by Gasteiger charge is 2.17. The molecule has 0 atom stereocenters. The van der Waals surface area contributed by atoms with Crippen LogP contribution in [-0.4, -0.2) is 25.7 Å². The lowest BCUT2D eigenvalue weighted by atomic mass is 9.95. The second-order valence-corrected chi connectivity index (χ2v) is 8.52. The summed E-state index contributed by atoms with van der Waals surface area (Å²) in [4.78, 5) is 54.7. The molecule has 4 rings (SSSR count). The van der Waals surface area contributed by atoms with Crippen molar-refractivity contribution in [3.05, 3.63) is 133 Å². The molecule has 0 saturated heterocycles. The summed E-state index contributed by atoms with van der Waals surface area (Å²) >= 11 is 0. The Morgan fingerprint density at radius 1 is 0.886 bits per heavy atom. The minimum Gasteiger partial charge on any atom is -0.303 e. The molecule has 7 nitrogen and oxygen atoms in total. The molecule has 2 aromatic heterocycles. The molecular formula is C28H25N3O4. The third-order valence-corrected chi connectivity index (χ3v) is 5.86. The van der Waals surface area contributed by atoms with Crippen molar-refractivity contribution < 1.29 is 9.59 Å². The molecule has 4 aromatic rings. The molecule has 0 fully saturated rings. The smallest absolute Gasteiger partial charge is 0.303 e. The van der Waals surface area contributed by atoms with E-state index in [9.17, 15) is 19.2 Å². The van der Waals surface area contributed by atoms with E-state index in [0.29, 0.717) is 17.5 Å². The normalized spacial score (nSPS) is 10.8. The van der Waals surface area contributed by atoms with Crippen LogP contribution in [-0.2, 0) is 20.0 Å². The minimum atomic E-state index is -0.444. The van der Waals surface area contributed by atoms with Gasteiger partial charge in [0.2, 0.25) is 0 Å². The Balaban J connectivity index is 1.68. The lowest BCUT2D eigenvalue weighted by Crippen LogP contribution is -2.38. The van der Waals surface area contributed by atoms with Gasteiger partial charge in [-0.2, -0.15) is 0 Å². The number of rotatable bonds is 8. The highest BCUT2D eigenvalue weighted by atomic mass is 16.2. The summed E-state index contributed by atoms with van der Waals surface area (Å²) in [6.07, 6.45) is 3.22. The third kappa shape index (κ3) is 5.58. The number of pyridine rings is 1. The third-order valence-electron chi connectivity index (χ3n) is 5.86. The van der Waals surface area contributed by atoms with Gasteiger partial charge in [0.15, 0.2) is 11.6 Å². The van der Waals surface area contributed by atoms with Crippen molar-refractivity contribution in [1.29, 1.82) is 0 Å². The minimum absolute atomic E-state index is 0.0169. The van der Waals surface area contributed by atoms with Crippen molar-refractivity contribution in [3.63, 3.8) is 0 Å². The number of hydrogen-bond acceptors (Lipinski definition) is 5. The number of nitrogens with zero attached hydrogens (tertiary/aromatic N) is 3. The van der Waals surface area contributed by atoms with Crippen LogP contribution in [0.3, 0.4) is 0 Å². The van der Waals surface area contributed by atoms with Gasteiger partial charge in [0, 0.05) is 31.1 Å². The van der Waals surface area contributed by atoms with Gasteiger partial charge < -0.3 is 4.57 Å². The van der Waals surface area contributed by atoms with E-state index >= 15 is 0 Å². The molecule has 0 radical (unpaired) electrons. The fourth-order valence-electron chi connectivity index (χ4n) is 3.89. The van der Waals surface area contributed by atoms with Gasteiger partial charge in [-0.25, -0.2) is 4.79 Å². The number of carbonyl (C=O) groups is 2. The SMILES string of the molecule is Cc1ccnc(C(=O)CC(=O)c2ccc(Cc3ccccc3)c(Cn3c(=O)ccn(C)c3=O)c2)c1. The van der Waals surface area contributed by atoms with Crippen LogP contribution in [0.4, 0.5) is 0 Å². The Morgan fingerprint density at radius 2 is 1.66 bits per heavy atom. The molecule has 0 saturated carbocycles. The number of hydrogen-bond donors (Lipinski definition) is 0. The Labute approximate surface area is 202 Å². The second-order valence-electron chi connectivity index (χ2n) is 8.52. The van der Waals surface area contributed by atoms with Crippen molar-refractivity contribution in [2.75, 3.05) is 0 Å². The van der Waals surface area contributed by atoms with Crippen LogP contribution in [0.15, 0.2) is 88.7 Å². The fraction of sp³-hybridized carbons (Fsp3) is 0.179. The van der Waals surface area contributed by atoms with Crippen LogP contribution in [0.5, 0.6) is 0 Å². The van der Waals surface area contributed by atoms with Crippen molar-refractivity contribution in [2.24, 2.45) is 7.05 Å². The quantitative estimate of drug-likeness (QED) is 0.293. The molecule has 0 aliphatic carbocycles. The topological polar surface area (TPSA) is 91.0 Å². The van der Waals surface area contributed by atoms with E-state index < -0.39 is 11.2 Å². The standard InChI is InChI=1S/C28H25N3O4/c1-19-10-12-29-24(14-19)26(33)17-25(32)22-9-8-21(15-20-6-4-3-5-7-20)23(16-22)18-31-27(34)11-13-30(2)28(31)35/h3-14,16H,15,17-18H2,1-2H3. The molecule has 0 spiro atoms. The van der Waals surface area contributed by atoms with E-state index in [-0.39, 0.29) is 30.2 Å². The van der Waals surface area contributed by atoms with Crippen LogP contribution >= 0.6 is 0 Å². The van der Waals surface area contributed by atoms with E-state index in [1.807, 2.05) is 43.3 Å². The van der Waals surface area contributed by atoms with E-state index in [2.05, 4.69) is 4.98 Å². The van der Waals surface area contributed by atoms with E-state index in [1.165, 1.54) is 16.8 Å². The summed E-state index contributed by atoms with van der Waals surface area (Å²) in [7, 11) is 1.58. The second kappa shape index (κ2) is 10.3. The molecule has 2 aromatic carbocycles. The van der Waals surface area contributed by atoms with Crippen LogP contribution in [0, 0.1) is 6.92 Å². The largest absolute Gasteiger partial charge is 0.331 e. The van der Waals surface area contributed by atoms with Crippen LogP contribution in [0.1, 0.15) is 49.5 Å². The molecule has 176 valence electrons. The zero-order valence-corrected chi connectivity index (χ0v) is 19.6. The number of aryl methyl sites for hydroxylation is 2. The number of aromatic nitrogens is 3. The molecule has 0 aliphatic rings.